The molecule has 1 aromatic rings. The Labute approximate surface area is 123 Å². The molecule has 1 unspecified atom stereocenters. The average molecular weight is 292 g/mol. The first-order valence-corrected chi connectivity index (χ1v) is 7.92. The van der Waals surface area contributed by atoms with Gasteiger partial charge in [0.15, 0.2) is 0 Å². The van der Waals surface area contributed by atoms with E-state index in [0.717, 1.165) is 12.2 Å². The van der Waals surface area contributed by atoms with Crippen LogP contribution in [-0.2, 0) is 9.59 Å². The molecular weight excluding hydrogens is 272 g/mol. The molecule has 0 bridgehead atoms. The lowest BCUT2D eigenvalue weighted by Crippen LogP contribution is -2.55. The van der Waals surface area contributed by atoms with Crippen molar-refractivity contribution in [2.45, 2.75) is 30.7 Å². The van der Waals surface area contributed by atoms with Gasteiger partial charge in [-0.05, 0) is 31.2 Å². The molecule has 0 saturated carbocycles. The molecule has 0 radical (unpaired) electrons. The molecular formula is C15H20N2O2S. The van der Waals surface area contributed by atoms with Crippen molar-refractivity contribution in [3.63, 3.8) is 0 Å². The molecule has 2 amide bonds. The maximum atomic E-state index is 12.1. The summed E-state index contributed by atoms with van der Waals surface area (Å²) in [7, 11) is 0. The lowest BCUT2D eigenvalue weighted by molar-refractivity contribution is -0.142. The number of amides is 2. The first kappa shape index (κ1) is 14.9. The number of hydrogen-bond acceptors (Lipinski definition) is 3. The monoisotopic (exact) mass is 292 g/mol. The average Bonchev–Trinajstić information content (AvgIpc) is 2.47. The summed E-state index contributed by atoms with van der Waals surface area (Å²) < 4.78 is 0. The third-order valence-electron chi connectivity index (χ3n) is 3.37. The van der Waals surface area contributed by atoms with E-state index in [1.807, 2.05) is 18.2 Å². The minimum absolute atomic E-state index is 0.0525. The summed E-state index contributed by atoms with van der Waals surface area (Å²) in [4.78, 5) is 26.5. The Morgan fingerprint density at radius 3 is 2.90 bits per heavy atom. The van der Waals surface area contributed by atoms with Crippen molar-refractivity contribution in [3.8, 4) is 0 Å². The third-order valence-corrected chi connectivity index (χ3v) is 4.46. The third kappa shape index (κ3) is 4.00. The van der Waals surface area contributed by atoms with Crippen LogP contribution in [0.4, 0.5) is 0 Å². The Balaban J connectivity index is 1.71. The minimum atomic E-state index is -0.335. The fourth-order valence-corrected chi connectivity index (χ4v) is 3.07. The van der Waals surface area contributed by atoms with E-state index >= 15 is 0 Å². The second-order valence-corrected chi connectivity index (χ2v) is 5.99. The van der Waals surface area contributed by atoms with Crippen LogP contribution in [0, 0.1) is 0 Å². The van der Waals surface area contributed by atoms with Crippen LogP contribution in [0.3, 0.4) is 0 Å². The Kier molecular flexibility index (Phi) is 5.47. The summed E-state index contributed by atoms with van der Waals surface area (Å²) >= 11 is 1.76. The number of carbonyl (C=O) groups is 2. The van der Waals surface area contributed by atoms with Crippen molar-refractivity contribution in [3.05, 3.63) is 30.3 Å². The van der Waals surface area contributed by atoms with Gasteiger partial charge in [0, 0.05) is 24.4 Å². The Morgan fingerprint density at radius 2 is 2.15 bits per heavy atom. The number of rotatable bonds is 5. The highest BCUT2D eigenvalue weighted by Crippen LogP contribution is 2.19. The standard InChI is InChI=1S/C15H20N2O2S/c1-12-15(19)16-9-10-17(12)14(18)8-5-11-20-13-6-3-2-4-7-13/h2-4,6-7,12H,5,8-11H2,1H3,(H,16,19). The summed E-state index contributed by atoms with van der Waals surface area (Å²) in [6, 6.07) is 9.84. The fraction of sp³-hybridized carbons (Fsp3) is 0.467. The van der Waals surface area contributed by atoms with Crippen molar-refractivity contribution < 1.29 is 9.59 Å². The Hall–Kier alpha value is -1.49. The van der Waals surface area contributed by atoms with E-state index in [2.05, 4.69) is 17.4 Å². The van der Waals surface area contributed by atoms with Gasteiger partial charge >= 0.3 is 0 Å². The fourth-order valence-electron chi connectivity index (χ4n) is 2.20. The molecule has 1 aliphatic rings. The number of nitrogens with zero attached hydrogens (tertiary/aromatic N) is 1. The summed E-state index contributed by atoms with van der Waals surface area (Å²) in [5.41, 5.74) is 0. The van der Waals surface area contributed by atoms with Crippen LogP contribution in [0.1, 0.15) is 19.8 Å². The molecule has 20 heavy (non-hydrogen) atoms. The molecule has 1 aliphatic heterocycles. The molecule has 5 heteroatoms. The van der Waals surface area contributed by atoms with Crippen LogP contribution in [-0.4, -0.2) is 41.6 Å². The predicted octanol–water partition coefficient (Wildman–Crippen LogP) is 1.91. The highest BCUT2D eigenvalue weighted by molar-refractivity contribution is 7.99. The van der Waals surface area contributed by atoms with Crippen LogP contribution < -0.4 is 5.32 Å². The van der Waals surface area contributed by atoms with Gasteiger partial charge in [-0.2, -0.15) is 0 Å². The van der Waals surface area contributed by atoms with Crippen molar-refractivity contribution in [1.82, 2.24) is 10.2 Å². The van der Waals surface area contributed by atoms with E-state index in [4.69, 9.17) is 0 Å². The first-order valence-electron chi connectivity index (χ1n) is 6.93. The van der Waals surface area contributed by atoms with E-state index in [1.165, 1.54) is 4.90 Å². The smallest absolute Gasteiger partial charge is 0.242 e. The number of nitrogens with one attached hydrogen (secondary N) is 1. The zero-order valence-corrected chi connectivity index (χ0v) is 12.5. The number of carbonyl (C=O) groups excluding carboxylic acids is 2. The van der Waals surface area contributed by atoms with Gasteiger partial charge < -0.3 is 10.2 Å². The van der Waals surface area contributed by atoms with E-state index in [9.17, 15) is 9.59 Å². The summed E-state index contributed by atoms with van der Waals surface area (Å²) in [5.74, 6) is 0.953. The molecule has 1 atom stereocenters. The predicted molar refractivity (Wildman–Crippen MR) is 80.6 cm³/mol. The van der Waals surface area contributed by atoms with Crippen molar-refractivity contribution >= 4 is 23.6 Å². The first-order chi connectivity index (χ1) is 9.68. The second kappa shape index (κ2) is 7.33. The van der Waals surface area contributed by atoms with Crippen LogP contribution in [0.25, 0.3) is 0 Å². The Morgan fingerprint density at radius 1 is 1.40 bits per heavy atom. The number of hydrogen-bond donors (Lipinski definition) is 1. The van der Waals surface area contributed by atoms with E-state index in [0.29, 0.717) is 19.5 Å². The molecule has 2 rings (SSSR count). The molecule has 4 nitrogen and oxygen atoms in total. The SMILES string of the molecule is CC1C(=O)NCCN1C(=O)CCCSc1ccccc1. The van der Waals surface area contributed by atoms with Gasteiger partial charge in [0.25, 0.3) is 0 Å². The van der Waals surface area contributed by atoms with E-state index in [1.54, 1.807) is 23.6 Å². The van der Waals surface area contributed by atoms with E-state index in [-0.39, 0.29) is 17.9 Å². The zero-order valence-electron chi connectivity index (χ0n) is 11.7. The van der Waals surface area contributed by atoms with E-state index < -0.39 is 0 Å². The molecule has 1 aromatic carbocycles. The van der Waals surface area contributed by atoms with Gasteiger partial charge in [-0.25, -0.2) is 0 Å². The highest BCUT2D eigenvalue weighted by Gasteiger charge is 2.28. The van der Waals surface area contributed by atoms with Crippen LogP contribution >= 0.6 is 11.8 Å². The van der Waals surface area contributed by atoms with Crippen LogP contribution in [0.15, 0.2) is 35.2 Å². The molecule has 0 spiro atoms. The van der Waals surface area contributed by atoms with Gasteiger partial charge in [0.05, 0.1) is 0 Å². The van der Waals surface area contributed by atoms with Crippen molar-refractivity contribution in [1.29, 1.82) is 0 Å². The minimum Gasteiger partial charge on any atom is -0.353 e. The normalized spacial score (nSPS) is 18.8. The molecule has 108 valence electrons. The maximum absolute atomic E-state index is 12.1. The highest BCUT2D eigenvalue weighted by atomic mass is 32.2. The molecule has 1 N–H and O–H groups in total. The lowest BCUT2D eigenvalue weighted by Gasteiger charge is -2.32. The lowest BCUT2D eigenvalue weighted by atomic mass is 10.2. The summed E-state index contributed by atoms with van der Waals surface area (Å²) in [6.07, 6.45) is 1.35. The topological polar surface area (TPSA) is 49.4 Å². The quantitative estimate of drug-likeness (QED) is 0.666. The van der Waals surface area contributed by atoms with Crippen molar-refractivity contribution in [2.24, 2.45) is 0 Å². The van der Waals surface area contributed by atoms with Crippen LogP contribution in [0.2, 0.25) is 0 Å². The van der Waals surface area contributed by atoms with Crippen LogP contribution in [0.5, 0.6) is 0 Å². The number of piperazine rings is 1. The zero-order chi connectivity index (χ0) is 14.4. The number of thioether (sulfide) groups is 1. The van der Waals surface area contributed by atoms with Gasteiger partial charge in [-0.3, -0.25) is 9.59 Å². The molecule has 1 fully saturated rings. The van der Waals surface area contributed by atoms with Gasteiger partial charge in [-0.15, -0.1) is 11.8 Å². The molecule has 1 saturated heterocycles. The molecule has 1 heterocycles. The largest absolute Gasteiger partial charge is 0.353 e. The molecule has 0 aliphatic carbocycles. The summed E-state index contributed by atoms with van der Waals surface area (Å²) in [5, 5.41) is 2.77. The van der Waals surface area contributed by atoms with Gasteiger partial charge in [-0.1, -0.05) is 18.2 Å². The molecule has 0 aromatic heterocycles. The maximum Gasteiger partial charge on any atom is 0.242 e. The number of benzene rings is 1. The van der Waals surface area contributed by atoms with Gasteiger partial charge in [0.1, 0.15) is 6.04 Å². The summed E-state index contributed by atoms with van der Waals surface area (Å²) in [6.45, 7) is 2.97. The van der Waals surface area contributed by atoms with Gasteiger partial charge in [0.2, 0.25) is 11.8 Å². The van der Waals surface area contributed by atoms with Crippen molar-refractivity contribution in [2.75, 3.05) is 18.8 Å². The second-order valence-electron chi connectivity index (χ2n) is 4.82. The Bertz CT molecular complexity index is 464.